The Morgan fingerprint density at radius 2 is 1.75 bits per heavy atom. The first-order valence-corrected chi connectivity index (χ1v) is 6.48. The lowest BCUT2D eigenvalue weighted by molar-refractivity contribution is 0.925. The van der Waals surface area contributed by atoms with Crippen LogP contribution in [-0.2, 0) is 13.0 Å². The first-order valence-electron chi connectivity index (χ1n) is 6.48. The molecule has 0 amide bonds. The Bertz CT molecular complexity index is 552. The van der Waals surface area contributed by atoms with Crippen molar-refractivity contribution in [2.24, 2.45) is 5.73 Å². The van der Waals surface area contributed by atoms with Crippen LogP contribution in [0.25, 0.3) is 11.3 Å². The number of aromatic nitrogens is 2. The van der Waals surface area contributed by atoms with E-state index >= 15 is 0 Å². The summed E-state index contributed by atoms with van der Waals surface area (Å²) >= 11 is 0. The van der Waals surface area contributed by atoms with Crippen LogP contribution in [0.3, 0.4) is 0 Å². The predicted octanol–water partition coefficient (Wildman–Crippen LogP) is 2.65. The first-order chi connectivity index (χ1) is 9.13. The van der Waals surface area contributed by atoms with Crippen molar-refractivity contribution < 1.29 is 0 Å². The van der Waals surface area contributed by atoms with Crippen molar-refractivity contribution in [3.63, 3.8) is 0 Å². The van der Waals surface area contributed by atoms with E-state index < -0.39 is 0 Å². The molecular formula is C15H21ClN4. The van der Waals surface area contributed by atoms with Gasteiger partial charge in [-0.25, -0.2) is 9.97 Å². The molecule has 0 aliphatic heterocycles. The molecule has 0 bridgehead atoms. The van der Waals surface area contributed by atoms with E-state index in [2.05, 4.69) is 41.2 Å². The Hall–Kier alpha value is -1.65. The number of rotatable bonds is 4. The van der Waals surface area contributed by atoms with Gasteiger partial charge in [0.05, 0.1) is 11.4 Å². The van der Waals surface area contributed by atoms with Crippen LogP contribution in [0.2, 0.25) is 0 Å². The number of anilines is 1. The Kier molecular flexibility index (Phi) is 5.92. The van der Waals surface area contributed by atoms with Crippen LogP contribution in [0.5, 0.6) is 0 Å². The maximum absolute atomic E-state index is 5.70. The average molecular weight is 293 g/mol. The van der Waals surface area contributed by atoms with E-state index in [9.17, 15) is 0 Å². The monoisotopic (exact) mass is 292 g/mol. The summed E-state index contributed by atoms with van der Waals surface area (Å²) in [5.41, 5.74) is 9.89. The van der Waals surface area contributed by atoms with Gasteiger partial charge < -0.3 is 10.6 Å². The molecule has 2 aromatic rings. The van der Waals surface area contributed by atoms with Crippen molar-refractivity contribution in [3.05, 3.63) is 41.6 Å². The average Bonchev–Trinajstić information content (AvgIpc) is 2.46. The van der Waals surface area contributed by atoms with Gasteiger partial charge in [0, 0.05) is 26.2 Å². The molecule has 0 spiro atoms. The van der Waals surface area contributed by atoms with E-state index in [0.717, 1.165) is 23.4 Å². The van der Waals surface area contributed by atoms with E-state index in [-0.39, 0.29) is 12.4 Å². The minimum absolute atomic E-state index is 0. The molecule has 1 aromatic heterocycles. The van der Waals surface area contributed by atoms with Crippen LogP contribution in [0.15, 0.2) is 30.3 Å². The maximum Gasteiger partial charge on any atom is 0.225 e. The van der Waals surface area contributed by atoms with Crippen molar-refractivity contribution in [1.29, 1.82) is 0 Å². The number of benzene rings is 1. The van der Waals surface area contributed by atoms with E-state index in [4.69, 9.17) is 5.73 Å². The Morgan fingerprint density at radius 3 is 2.25 bits per heavy atom. The Balaban J connectivity index is 0.00000200. The molecule has 0 unspecified atom stereocenters. The summed E-state index contributed by atoms with van der Waals surface area (Å²) in [6.45, 7) is 2.57. The molecule has 4 nitrogen and oxygen atoms in total. The Morgan fingerprint density at radius 1 is 1.10 bits per heavy atom. The molecule has 0 fully saturated rings. The van der Waals surface area contributed by atoms with Crippen molar-refractivity contribution in [2.45, 2.75) is 19.9 Å². The van der Waals surface area contributed by atoms with Crippen LogP contribution < -0.4 is 10.6 Å². The number of aryl methyl sites for hydroxylation is 1. The van der Waals surface area contributed by atoms with Gasteiger partial charge in [0.2, 0.25) is 5.95 Å². The summed E-state index contributed by atoms with van der Waals surface area (Å²) in [5, 5.41) is 0. The van der Waals surface area contributed by atoms with Gasteiger partial charge in [-0.05, 0) is 18.1 Å². The van der Waals surface area contributed by atoms with Crippen molar-refractivity contribution >= 4 is 18.4 Å². The molecule has 5 heteroatoms. The zero-order valence-corrected chi connectivity index (χ0v) is 12.9. The fraction of sp³-hybridized carbons (Fsp3) is 0.333. The van der Waals surface area contributed by atoms with Gasteiger partial charge in [-0.2, -0.15) is 0 Å². The largest absolute Gasteiger partial charge is 0.347 e. The third-order valence-corrected chi connectivity index (χ3v) is 3.03. The molecular weight excluding hydrogens is 272 g/mol. The quantitative estimate of drug-likeness (QED) is 0.941. The third-order valence-electron chi connectivity index (χ3n) is 3.03. The number of halogens is 1. The van der Waals surface area contributed by atoms with Gasteiger partial charge >= 0.3 is 0 Å². The second-order valence-electron chi connectivity index (χ2n) is 4.69. The molecule has 0 radical (unpaired) electrons. The molecule has 2 N–H and O–H groups in total. The van der Waals surface area contributed by atoms with Gasteiger partial charge in [0.15, 0.2) is 0 Å². The molecule has 0 atom stereocenters. The number of hydrogen-bond acceptors (Lipinski definition) is 4. The molecule has 20 heavy (non-hydrogen) atoms. The van der Waals surface area contributed by atoms with Gasteiger partial charge in [0.1, 0.15) is 0 Å². The molecule has 0 aliphatic rings. The molecule has 2 rings (SSSR count). The normalized spacial score (nSPS) is 10.0. The van der Waals surface area contributed by atoms with Gasteiger partial charge in [-0.1, -0.05) is 31.2 Å². The summed E-state index contributed by atoms with van der Waals surface area (Å²) in [6, 6.07) is 10.4. The third kappa shape index (κ3) is 3.68. The van der Waals surface area contributed by atoms with Gasteiger partial charge in [-0.15, -0.1) is 12.4 Å². The van der Waals surface area contributed by atoms with Crippen LogP contribution in [0, 0.1) is 0 Å². The van der Waals surface area contributed by atoms with Crippen molar-refractivity contribution in [2.75, 3.05) is 19.0 Å². The molecule has 1 heterocycles. The number of nitrogens with two attached hydrogens (primary N) is 1. The summed E-state index contributed by atoms with van der Waals surface area (Å²) in [6.07, 6.45) is 1.04. The first kappa shape index (κ1) is 16.4. The highest BCUT2D eigenvalue weighted by molar-refractivity contribution is 5.85. The predicted molar refractivity (Wildman–Crippen MR) is 86.3 cm³/mol. The number of nitrogens with zero attached hydrogens (tertiary/aromatic N) is 3. The lowest BCUT2D eigenvalue weighted by Gasteiger charge is -2.13. The summed E-state index contributed by atoms with van der Waals surface area (Å²) in [7, 11) is 3.86. The topological polar surface area (TPSA) is 55.0 Å². The Labute approximate surface area is 126 Å². The maximum atomic E-state index is 5.70. The van der Waals surface area contributed by atoms with Crippen molar-refractivity contribution in [3.8, 4) is 11.3 Å². The van der Waals surface area contributed by atoms with Crippen LogP contribution in [-0.4, -0.2) is 24.1 Å². The fourth-order valence-electron chi connectivity index (χ4n) is 1.85. The molecule has 108 valence electrons. The smallest absolute Gasteiger partial charge is 0.225 e. The SMILES string of the molecule is CCc1ccc(-c2cc(CN)nc(N(C)C)n2)cc1.Cl. The zero-order valence-electron chi connectivity index (χ0n) is 12.1. The van der Waals surface area contributed by atoms with Gasteiger partial charge in [0.25, 0.3) is 0 Å². The zero-order chi connectivity index (χ0) is 13.8. The van der Waals surface area contributed by atoms with Gasteiger partial charge in [-0.3, -0.25) is 0 Å². The molecule has 1 aromatic carbocycles. The highest BCUT2D eigenvalue weighted by atomic mass is 35.5. The summed E-state index contributed by atoms with van der Waals surface area (Å²) in [4.78, 5) is 10.9. The second kappa shape index (κ2) is 7.22. The van der Waals surface area contributed by atoms with Crippen molar-refractivity contribution in [1.82, 2.24) is 9.97 Å². The highest BCUT2D eigenvalue weighted by Crippen LogP contribution is 2.20. The van der Waals surface area contributed by atoms with Crippen LogP contribution in [0.4, 0.5) is 5.95 Å². The molecule has 0 aliphatic carbocycles. The summed E-state index contributed by atoms with van der Waals surface area (Å²) < 4.78 is 0. The lowest BCUT2D eigenvalue weighted by atomic mass is 10.1. The fourth-order valence-corrected chi connectivity index (χ4v) is 1.85. The van der Waals surface area contributed by atoms with Crippen LogP contribution in [0.1, 0.15) is 18.2 Å². The summed E-state index contributed by atoms with van der Waals surface area (Å²) in [5.74, 6) is 0.692. The molecule has 0 saturated carbocycles. The van der Waals surface area contributed by atoms with E-state index in [1.165, 1.54) is 5.56 Å². The lowest BCUT2D eigenvalue weighted by Crippen LogP contribution is -2.15. The standard InChI is InChI=1S/C15H20N4.ClH/c1-4-11-5-7-12(8-6-11)14-9-13(10-16)17-15(18-14)19(2)3;/h5-9H,4,10,16H2,1-3H3;1H. The minimum atomic E-state index is 0. The van der Waals surface area contributed by atoms with E-state index in [1.54, 1.807) is 0 Å². The van der Waals surface area contributed by atoms with E-state index in [0.29, 0.717) is 12.5 Å². The number of hydrogen-bond donors (Lipinski definition) is 1. The van der Waals surface area contributed by atoms with E-state index in [1.807, 2.05) is 25.1 Å². The molecule has 0 saturated heterocycles. The van der Waals surface area contributed by atoms with Crippen LogP contribution >= 0.6 is 12.4 Å². The second-order valence-corrected chi connectivity index (χ2v) is 4.69. The minimum Gasteiger partial charge on any atom is -0.347 e. The highest BCUT2D eigenvalue weighted by Gasteiger charge is 2.07.